The van der Waals surface area contributed by atoms with Crippen molar-refractivity contribution in [3.8, 4) is 17.1 Å². The second kappa shape index (κ2) is 6.26. The molecule has 0 atom stereocenters. The molecular formula is C14H13BrClFN2O3. The first-order valence-corrected chi connectivity index (χ1v) is 7.51. The fourth-order valence-electron chi connectivity index (χ4n) is 1.90. The van der Waals surface area contributed by atoms with Gasteiger partial charge in [0.2, 0.25) is 5.88 Å². The van der Waals surface area contributed by atoms with E-state index in [4.69, 9.17) is 21.4 Å². The highest BCUT2D eigenvalue weighted by Gasteiger charge is 2.22. The maximum Gasteiger partial charge on any atom is 0.337 e. The third-order valence-corrected chi connectivity index (χ3v) is 3.86. The Kier molecular flexibility index (Phi) is 4.77. The Bertz CT molecular complexity index is 746. The average molecular weight is 392 g/mol. The Morgan fingerprint density at radius 2 is 2.14 bits per heavy atom. The lowest BCUT2D eigenvalue weighted by Crippen LogP contribution is -2.09. The number of rotatable bonds is 4. The van der Waals surface area contributed by atoms with Crippen molar-refractivity contribution in [2.45, 2.75) is 20.0 Å². The summed E-state index contributed by atoms with van der Waals surface area (Å²) in [5.41, 5.74) is 0.0830. The SMILES string of the molecule is CC(C)Oc1c(Br)c(-c2cc(C(=O)O)c(Cl)cc2F)nn1C. The van der Waals surface area contributed by atoms with Crippen molar-refractivity contribution in [3.63, 3.8) is 0 Å². The minimum absolute atomic E-state index is 0.0304. The van der Waals surface area contributed by atoms with Crippen LogP contribution in [-0.2, 0) is 7.05 Å². The van der Waals surface area contributed by atoms with Gasteiger partial charge in [0.1, 0.15) is 16.0 Å². The topological polar surface area (TPSA) is 64.3 Å². The van der Waals surface area contributed by atoms with Crippen molar-refractivity contribution in [1.29, 1.82) is 0 Å². The predicted octanol–water partition coefficient (Wildman–Crippen LogP) is 4.13. The molecule has 1 N–H and O–H groups in total. The van der Waals surface area contributed by atoms with Crippen LogP contribution in [0.1, 0.15) is 24.2 Å². The van der Waals surface area contributed by atoms with Gasteiger partial charge in [-0.15, -0.1) is 0 Å². The number of aromatic carboxylic acids is 1. The minimum atomic E-state index is -1.24. The lowest BCUT2D eigenvalue weighted by Gasteiger charge is -2.09. The van der Waals surface area contributed by atoms with E-state index in [0.29, 0.717) is 10.4 Å². The Labute approximate surface area is 139 Å². The summed E-state index contributed by atoms with van der Waals surface area (Å²) in [5, 5.41) is 13.1. The first-order chi connectivity index (χ1) is 10.2. The number of aromatic nitrogens is 2. The van der Waals surface area contributed by atoms with Crippen LogP contribution in [0.2, 0.25) is 5.02 Å². The first-order valence-electron chi connectivity index (χ1n) is 6.34. The fourth-order valence-corrected chi connectivity index (χ4v) is 2.77. The Morgan fingerprint density at radius 1 is 1.50 bits per heavy atom. The second-order valence-electron chi connectivity index (χ2n) is 4.88. The van der Waals surface area contributed by atoms with Crippen LogP contribution in [0.4, 0.5) is 4.39 Å². The van der Waals surface area contributed by atoms with Crippen molar-refractivity contribution in [3.05, 3.63) is 33.0 Å². The zero-order valence-electron chi connectivity index (χ0n) is 12.0. The molecule has 0 bridgehead atoms. The van der Waals surface area contributed by atoms with Crippen LogP contribution < -0.4 is 4.74 Å². The number of hydrogen-bond acceptors (Lipinski definition) is 3. The van der Waals surface area contributed by atoms with Crippen molar-refractivity contribution >= 4 is 33.5 Å². The molecule has 0 saturated heterocycles. The molecule has 1 heterocycles. The summed E-state index contributed by atoms with van der Waals surface area (Å²) < 4.78 is 21.7. The van der Waals surface area contributed by atoms with Crippen molar-refractivity contribution in [2.24, 2.45) is 7.05 Å². The Hall–Kier alpha value is -1.60. The Morgan fingerprint density at radius 3 is 2.68 bits per heavy atom. The molecule has 0 saturated carbocycles. The van der Waals surface area contributed by atoms with E-state index < -0.39 is 11.8 Å². The number of ether oxygens (including phenoxy) is 1. The molecule has 0 unspecified atom stereocenters. The van der Waals surface area contributed by atoms with Crippen LogP contribution in [0.3, 0.4) is 0 Å². The molecule has 1 aromatic heterocycles. The van der Waals surface area contributed by atoms with E-state index in [1.165, 1.54) is 4.68 Å². The van der Waals surface area contributed by atoms with E-state index in [-0.39, 0.29) is 27.9 Å². The molecule has 5 nitrogen and oxygen atoms in total. The summed E-state index contributed by atoms with van der Waals surface area (Å²) in [7, 11) is 1.65. The molecule has 0 aliphatic heterocycles. The quantitative estimate of drug-likeness (QED) is 0.851. The molecule has 0 aliphatic rings. The maximum absolute atomic E-state index is 14.2. The van der Waals surface area contributed by atoms with E-state index in [2.05, 4.69) is 21.0 Å². The van der Waals surface area contributed by atoms with Gasteiger partial charge in [-0.3, -0.25) is 0 Å². The van der Waals surface area contributed by atoms with Gasteiger partial charge in [-0.2, -0.15) is 5.10 Å². The third-order valence-electron chi connectivity index (χ3n) is 2.83. The van der Waals surface area contributed by atoms with Crippen molar-refractivity contribution in [1.82, 2.24) is 9.78 Å². The van der Waals surface area contributed by atoms with E-state index in [0.717, 1.165) is 12.1 Å². The van der Waals surface area contributed by atoms with E-state index in [1.807, 2.05) is 13.8 Å². The number of carboxylic acids is 1. The minimum Gasteiger partial charge on any atom is -0.478 e. The first kappa shape index (κ1) is 16.8. The molecule has 0 aliphatic carbocycles. The standard InChI is InChI=1S/C14H13BrClFN2O3/c1-6(2)22-13-11(15)12(18-19(13)3)8-4-7(14(20)21)9(16)5-10(8)17/h4-6H,1-3H3,(H,20,21). The molecule has 22 heavy (non-hydrogen) atoms. The van der Waals surface area contributed by atoms with E-state index >= 15 is 0 Å². The van der Waals surface area contributed by atoms with Gasteiger partial charge in [-0.25, -0.2) is 13.9 Å². The van der Waals surface area contributed by atoms with Gasteiger partial charge in [0.05, 0.1) is 16.7 Å². The van der Waals surface area contributed by atoms with Gasteiger partial charge in [0.25, 0.3) is 0 Å². The lowest BCUT2D eigenvalue weighted by atomic mass is 10.1. The monoisotopic (exact) mass is 390 g/mol. The smallest absolute Gasteiger partial charge is 0.337 e. The van der Waals surface area contributed by atoms with Crippen LogP contribution in [-0.4, -0.2) is 27.0 Å². The number of halogens is 3. The van der Waals surface area contributed by atoms with Crippen molar-refractivity contribution in [2.75, 3.05) is 0 Å². The second-order valence-corrected chi connectivity index (χ2v) is 6.08. The van der Waals surface area contributed by atoms with Gasteiger partial charge in [0, 0.05) is 12.6 Å². The molecule has 2 aromatic rings. The highest BCUT2D eigenvalue weighted by atomic mass is 79.9. The number of carbonyl (C=O) groups is 1. The number of hydrogen-bond donors (Lipinski definition) is 1. The lowest BCUT2D eigenvalue weighted by molar-refractivity contribution is 0.0697. The molecule has 1 aromatic carbocycles. The van der Waals surface area contributed by atoms with E-state index in [1.54, 1.807) is 7.05 Å². The molecule has 0 amide bonds. The zero-order chi connectivity index (χ0) is 16.6. The predicted molar refractivity (Wildman–Crippen MR) is 84.0 cm³/mol. The summed E-state index contributed by atoms with van der Waals surface area (Å²) in [4.78, 5) is 11.2. The van der Waals surface area contributed by atoms with Gasteiger partial charge in [0.15, 0.2) is 0 Å². The van der Waals surface area contributed by atoms with Gasteiger partial charge in [-0.05, 0) is 41.9 Å². The summed E-state index contributed by atoms with van der Waals surface area (Å²) in [6.45, 7) is 3.70. The number of nitrogens with zero attached hydrogens (tertiary/aromatic N) is 2. The highest BCUT2D eigenvalue weighted by molar-refractivity contribution is 9.10. The van der Waals surface area contributed by atoms with Crippen LogP contribution in [0.25, 0.3) is 11.3 Å². The number of carboxylic acid groups (broad SMARTS) is 1. The summed E-state index contributed by atoms with van der Waals surface area (Å²) in [5.74, 6) is -1.47. The molecule has 0 fully saturated rings. The highest BCUT2D eigenvalue weighted by Crippen LogP contribution is 2.38. The summed E-state index contributed by atoms with van der Waals surface area (Å²) >= 11 is 9.07. The van der Waals surface area contributed by atoms with Gasteiger partial charge in [-0.1, -0.05) is 11.6 Å². The molecule has 0 spiro atoms. The molecule has 0 radical (unpaired) electrons. The van der Waals surface area contributed by atoms with E-state index in [9.17, 15) is 9.18 Å². The largest absolute Gasteiger partial charge is 0.478 e. The number of aryl methyl sites for hydroxylation is 1. The van der Waals surface area contributed by atoms with Crippen LogP contribution in [0.5, 0.6) is 5.88 Å². The van der Waals surface area contributed by atoms with Crippen LogP contribution in [0, 0.1) is 5.82 Å². The molecule has 118 valence electrons. The van der Waals surface area contributed by atoms with Gasteiger partial charge < -0.3 is 9.84 Å². The van der Waals surface area contributed by atoms with Crippen molar-refractivity contribution < 1.29 is 19.0 Å². The number of benzene rings is 1. The fraction of sp³-hybridized carbons (Fsp3) is 0.286. The average Bonchev–Trinajstić information content (AvgIpc) is 2.66. The summed E-state index contributed by atoms with van der Waals surface area (Å²) in [6, 6.07) is 2.12. The zero-order valence-corrected chi connectivity index (χ0v) is 14.4. The maximum atomic E-state index is 14.2. The molecule has 8 heteroatoms. The summed E-state index contributed by atoms with van der Waals surface area (Å²) in [6.07, 6.45) is -0.0933. The van der Waals surface area contributed by atoms with Crippen LogP contribution >= 0.6 is 27.5 Å². The molecular weight excluding hydrogens is 379 g/mol. The molecule has 2 rings (SSSR count). The van der Waals surface area contributed by atoms with Crippen LogP contribution in [0.15, 0.2) is 16.6 Å². The Balaban J connectivity index is 2.62. The third kappa shape index (κ3) is 3.10. The normalized spacial score (nSPS) is 11.0. The van der Waals surface area contributed by atoms with Gasteiger partial charge >= 0.3 is 5.97 Å².